The Morgan fingerprint density at radius 2 is 1.03 bits per heavy atom. The van der Waals surface area contributed by atoms with Crippen molar-refractivity contribution in [2.75, 3.05) is 0 Å². The molecule has 0 unspecified atom stereocenters. The molecule has 0 saturated heterocycles. The van der Waals surface area contributed by atoms with Crippen LogP contribution >= 0.6 is 24.8 Å². The molecule has 0 aromatic carbocycles. The zero-order valence-electron chi connectivity index (χ0n) is 22.8. The topological polar surface area (TPSA) is 0 Å². The summed E-state index contributed by atoms with van der Waals surface area (Å²) in [6.07, 6.45) is 15.6. The van der Waals surface area contributed by atoms with E-state index in [2.05, 4.69) is 83.7 Å². The summed E-state index contributed by atoms with van der Waals surface area (Å²) >= 11 is -3.23. The van der Waals surface area contributed by atoms with Crippen LogP contribution in [0.2, 0.25) is 9.26 Å². The third-order valence-corrected chi connectivity index (χ3v) is 24.7. The van der Waals surface area contributed by atoms with Gasteiger partial charge in [0.25, 0.3) is 0 Å². The molecule has 186 valence electrons. The van der Waals surface area contributed by atoms with Crippen molar-refractivity contribution in [3.05, 3.63) is 41.0 Å². The van der Waals surface area contributed by atoms with Gasteiger partial charge in [-0.05, 0) is 0 Å². The Kier molecular flexibility index (Phi) is 11.8. The molecule has 4 heteroatoms. The largest absolute Gasteiger partial charge is 0.147 e. The third kappa shape index (κ3) is 7.32. The molecule has 2 rings (SSSR count). The van der Waals surface area contributed by atoms with Gasteiger partial charge in [0.15, 0.2) is 0 Å². The number of hydrogen-bond donors (Lipinski definition) is 0. The van der Waals surface area contributed by atoms with E-state index in [0.717, 1.165) is 0 Å². The zero-order chi connectivity index (χ0) is 23.0. The van der Waals surface area contributed by atoms with E-state index in [1.165, 1.54) is 51.4 Å². The predicted octanol–water partition coefficient (Wildman–Crippen LogP) is 9.80. The fourth-order valence-electron chi connectivity index (χ4n) is 5.23. The van der Waals surface area contributed by atoms with Crippen molar-refractivity contribution in [1.82, 2.24) is 0 Å². The second-order valence-electron chi connectivity index (χ2n) is 13.1. The molecule has 0 aromatic heterocycles. The van der Waals surface area contributed by atoms with Crippen molar-refractivity contribution in [3.8, 4) is 0 Å². The average Bonchev–Trinajstić information content (AvgIpc) is 3.22. The van der Waals surface area contributed by atoms with E-state index in [-0.39, 0.29) is 35.6 Å². The fraction of sp³-hybridized carbons (Fsp3) is 0.714. The van der Waals surface area contributed by atoms with Crippen molar-refractivity contribution in [1.29, 1.82) is 0 Å². The molecule has 32 heavy (non-hydrogen) atoms. The molecular formula is C28H52Cl2SiZr. The molecule has 0 amide bonds. The molecule has 0 aromatic rings. The first-order chi connectivity index (χ1) is 13.6. The van der Waals surface area contributed by atoms with Crippen molar-refractivity contribution >= 4 is 31.7 Å². The molecule has 0 atom stereocenters. The van der Waals surface area contributed by atoms with Crippen LogP contribution in [-0.2, 0) is 17.4 Å². The van der Waals surface area contributed by atoms with Crippen molar-refractivity contribution in [3.63, 3.8) is 0 Å². The van der Waals surface area contributed by atoms with Gasteiger partial charge >= 0.3 is 192 Å². The van der Waals surface area contributed by atoms with Crippen molar-refractivity contribution in [2.45, 2.75) is 116 Å². The van der Waals surface area contributed by atoms with Gasteiger partial charge in [0.05, 0.1) is 0 Å². The SMILES string of the molecule is CCCCC1=[C]([Zr]([CH3])([CH3])(=[SiH2])[C]2=C(CCCC)C=C(C(C)(C)C)C2)CC(C(C)(C)C)=C1.Cl.Cl. The van der Waals surface area contributed by atoms with E-state index >= 15 is 0 Å². The van der Waals surface area contributed by atoms with E-state index in [9.17, 15) is 0 Å². The van der Waals surface area contributed by atoms with E-state index in [1.54, 1.807) is 22.3 Å². The van der Waals surface area contributed by atoms with Gasteiger partial charge < -0.3 is 0 Å². The molecule has 0 heterocycles. The van der Waals surface area contributed by atoms with E-state index < -0.39 is 17.4 Å². The summed E-state index contributed by atoms with van der Waals surface area (Å²) < 4.78 is 9.36. The Hall–Kier alpha value is 0.640. The average molecular weight is 579 g/mol. The minimum atomic E-state index is -3.23. The second-order valence-corrected chi connectivity index (χ2v) is 41.8. The first-order valence-corrected chi connectivity index (χ1v) is 25.8. The molecule has 0 N–H and O–H groups in total. The maximum absolute atomic E-state index is 3.23. The Morgan fingerprint density at radius 1 is 0.719 bits per heavy atom. The summed E-state index contributed by atoms with van der Waals surface area (Å²) in [6, 6.07) is 0. The van der Waals surface area contributed by atoms with Gasteiger partial charge in [0.1, 0.15) is 0 Å². The quantitative estimate of drug-likeness (QED) is 0.252. The summed E-state index contributed by atoms with van der Waals surface area (Å²) in [6.45, 7) is 21.6. The molecule has 0 aliphatic heterocycles. The molecule has 0 radical (unpaired) electrons. The third-order valence-electron chi connectivity index (χ3n) is 7.67. The van der Waals surface area contributed by atoms with Crippen LogP contribution in [0.15, 0.2) is 41.0 Å². The second kappa shape index (κ2) is 11.6. The van der Waals surface area contributed by atoms with Crippen molar-refractivity contribution in [2.24, 2.45) is 10.8 Å². The van der Waals surface area contributed by atoms with Gasteiger partial charge in [-0.1, -0.05) is 0 Å². The number of halogens is 2. The smallest absolute Gasteiger partial charge is 0.147 e. The zero-order valence-corrected chi connectivity index (χ0v) is 28.3. The Balaban J connectivity index is 0.00000480. The molecule has 2 aliphatic carbocycles. The minimum absolute atomic E-state index is 0. The van der Waals surface area contributed by atoms with Gasteiger partial charge in [0, 0.05) is 0 Å². The maximum Gasteiger partial charge on any atom is -0.147 e. The van der Waals surface area contributed by atoms with Gasteiger partial charge in [-0.15, -0.1) is 24.8 Å². The molecular weight excluding hydrogens is 527 g/mol. The molecule has 0 spiro atoms. The molecule has 0 saturated carbocycles. The summed E-state index contributed by atoms with van der Waals surface area (Å²) in [7, 11) is 0. The summed E-state index contributed by atoms with van der Waals surface area (Å²) in [5.74, 6) is 0. The van der Waals surface area contributed by atoms with Crippen LogP contribution in [0.1, 0.15) is 107 Å². The van der Waals surface area contributed by atoms with Crippen LogP contribution in [0.3, 0.4) is 0 Å². The van der Waals surface area contributed by atoms with Crippen LogP contribution in [-0.4, -0.2) is 6.88 Å². The Morgan fingerprint density at radius 3 is 1.28 bits per heavy atom. The number of hydrogen-bond acceptors (Lipinski definition) is 0. The van der Waals surface area contributed by atoms with Crippen LogP contribution < -0.4 is 0 Å². The molecule has 0 fully saturated rings. The standard InChI is InChI=1S/2C13H21.2CH3.2ClH.H2Si.Zr/c2*1-5-6-7-11-8-9-12(10-11)13(2,3)4;;;;;;/h2*10H,5-7,9H2,1-4H3;2*1H3;2*1H;1H2;. The Bertz CT molecular complexity index is 798. The number of allylic oxidation sites excluding steroid dienone is 8. The molecule has 0 nitrogen and oxygen atoms in total. The van der Waals surface area contributed by atoms with Crippen LogP contribution in [0.25, 0.3) is 0 Å². The molecule has 2 aliphatic rings. The first kappa shape index (κ1) is 32.6. The van der Waals surface area contributed by atoms with Gasteiger partial charge in [-0.25, -0.2) is 0 Å². The predicted molar refractivity (Wildman–Crippen MR) is 152 cm³/mol. The normalized spacial score (nSPS) is 17.8. The van der Waals surface area contributed by atoms with Gasteiger partial charge in [0.2, 0.25) is 0 Å². The Labute approximate surface area is 215 Å². The number of unbranched alkanes of at least 4 members (excludes halogenated alkanes) is 2. The van der Waals surface area contributed by atoms with Crippen molar-refractivity contribution < 1.29 is 17.4 Å². The van der Waals surface area contributed by atoms with E-state index in [0.29, 0.717) is 0 Å². The fourth-order valence-corrected chi connectivity index (χ4v) is 20.0. The minimum Gasteiger partial charge on any atom is -0.147 e. The summed E-state index contributed by atoms with van der Waals surface area (Å²) in [5.41, 5.74) is 7.39. The van der Waals surface area contributed by atoms with E-state index in [1.807, 2.05) is 6.56 Å². The number of rotatable bonds is 8. The van der Waals surface area contributed by atoms with E-state index in [4.69, 9.17) is 0 Å². The first-order valence-electron chi connectivity index (χ1n) is 12.5. The summed E-state index contributed by atoms with van der Waals surface area (Å²) in [5, 5.41) is 0. The van der Waals surface area contributed by atoms with Crippen LogP contribution in [0.5, 0.6) is 0 Å². The van der Waals surface area contributed by atoms with Crippen LogP contribution in [0, 0.1) is 10.8 Å². The molecule has 0 bridgehead atoms. The summed E-state index contributed by atoms with van der Waals surface area (Å²) in [4.78, 5) is 0. The van der Waals surface area contributed by atoms with Gasteiger partial charge in [-0.3, -0.25) is 0 Å². The van der Waals surface area contributed by atoms with Gasteiger partial charge in [-0.2, -0.15) is 0 Å². The van der Waals surface area contributed by atoms with Crippen LogP contribution in [0.4, 0.5) is 0 Å². The monoisotopic (exact) mass is 576 g/mol. The maximum atomic E-state index is 2.77.